The highest BCUT2D eigenvalue weighted by Gasteiger charge is 2.17. The van der Waals surface area contributed by atoms with Gasteiger partial charge in [0.1, 0.15) is 0 Å². The van der Waals surface area contributed by atoms with Gasteiger partial charge in [0.05, 0.1) is 0 Å². The van der Waals surface area contributed by atoms with Crippen LogP contribution in [-0.4, -0.2) is 5.33 Å². The van der Waals surface area contributed by atoms with Gasteiger partial charge in [-0.25, -0.2) is 0 Å². The number of alkyl halides is 1. The van der Waals surface area contributed by atoms with Crippen molar-refractivity contribution in [2.24, 2.45) is 5.92 Å². The number of rotatable bonds is 4. The molecule has 1 aliphatic rings. The van der Waals surface area contributed by atoms with Gasteiger partial charge < -0.3 is 0 Å². The SMILES string of the molecule is CC(C)C(CBr)c1ccc(C2CCCCC2)cc1. The van der Waals surface area contributed by atoms with Crippen molar-refractivity contribution in [3.05, 3.63) is 35.4 Å². The maximum atomic E-state index is 3.65. The molecule has 1 heteroatoms. The number of hydrogen-bond acceptors (Lipinski definition) is 0. The van der Waals surface area contributed by atoms with Gasteiger partial charge in [0.25, 0.3) is 0 Å². The van der Waals surface area contributed by atoms with E-state index in [4.69, 9.17) is 0 Å². The molecule has 2 rings (SSSR count). The third-order valence-electron chi connectivity index (χ3n) is 4.41. The Kier molecular flexibility index (Phi) is 5.29. The normalized spacial score (nSPS) is 19.1. The van der Waals surface area contributed by atoms with Gasteiger partial charge in [-0.15, -0.1) is 0 Å². The minimum atomic E-state index is 0.644. The first kappa shape index (κ1) is 14.1. The number of hydrogen-bond donors (Lipinski definition) is 0. The molecule has 1 fully saturated rings. The molecule has 1 aromatic rings. The largest absolute Gasteiger partial charge is 0.0921 e. The molecule has 18 heavy (non-hydrogen) atoms. The van der Waals surface area contributed by atoms with Gasteiger partial charge in [-0.3, -0.25) is 0 Å². The van der Waals surface area contributed by atoms with Crippen molar-refractivity contribution in [1.29, 1.82) is 0 Å². The molecular weight excluding hydrogens is 284 g/mol. The van der Waals surface area contributed by atoms with Crippen LogP contribution in [0.3, 0.4) is 0 Å². The number of benzene rings is 1. The predicted octanol–water partition coefficient (Wildman–Crippen LogP) is 5.87. The molecule has 0 heterocycles. The van der Waals surface area contributed by atoms with E-state index in [0.717, 1.165) is 11.2 Å². The summed E-state index contributed by atoms with van der Waals surface area (Å²) in [4.78, 5) is 0. The zero-order chi connectivity index (χ0) is 13.0. The van der Waals surface area contributed by atoms with Crippen LogP contribution >= 0.6 is 15.9 Å². The average molecular weight is 309 g/mol. The molecule has 1 saturated carbocycles. The molecule has 0 amide bonds. The van der Waals surface area contributed by atoms with Crippen molar-refractivity contribution in [3.8, 4) is 0 Å². The monoisotopic (exact) mass is 308 g/mol. The summed E-state index contributed by atoms with van der Waals surface area (Å²) >= 11 is 3.65. The molecule has 0 nitrogen and oxygen atoms in total. The minimum Gasteiger partial charge on any atom is -0.0921 e. The van der Waals surface area contributed by atoms with Gasteiger partial charge in [0.15, 0.2) is 0 Å². The molecule has 0 saturated heterocycles. The van der Waals surface area contributed by atoms with E-state index in [0.29, 0.717) is 11.8 Å². The van der Waals surface area contributed by atoms with E-state index >= 15 is 0 Å². The summed E-state index contributed by atoms with van der Waals surface area (Å²) in [6.07, 6.45) is 7.06. The third-order valence-corrected chi connectivity index (χ3v) is 5.11. The van der Waals surface area contributed by atoms with Crippen LogP contribution in [0, 0.1) is 5.92 Å². The second kappa shape index (κ2) is 6.75. The zero-order valence-corrected chi connectivity index (χ0v) is 13.2. The van der Waals surface area contributed by atoms with Gasteiger partial charge in [0, 0.05) is 5.33 Å². The van der Waals surface area contributed by atoms with Crippen molar-refractivity contribution in [2.75, 3.05) is 5.33 Å². The molecule has 1 aromatic carbocycles. The fourth-order valence-electron chi connectivity index (χ4n) is 3.10. The summed E-state index contributed by atoms with van der Waals surface area (Å²) in [5, 5.41) is 1.06. The summed E-state index contributed by atoms with van der Waals surface area (Å²) in [6.45, 7) is 4.61. The summed E-state index contributed by atoms with van der Waals surface area (Å²) in [6, 6.07) is 9.47. The lowest BCUT2D eigenvalue weighted by Crippen LogP contribution is -2.09. The highest BCUT2D eigenvalue weighted by atomic mass is 79.9. The Morgan fingerprint density at radius 2 is 1.67 bits per heavy atom. The van der Waals surface area contributed by atoms with E-state index in [-0.39, 0.29) is 0 Å². The van der Waals surface area contributed by atoms with Crippen molar-refractivity contribution in [2.45, 2.75) is 57.8 Å². The fourth-order valence-corrected chi connectivity index (χ4v) is 4.22. The Balaban J connectivity index is 2.08. The standard InChI is InChI=1S/C17H25Br/c1-13(2)17(12-18)16-10-8-15(9-11-16)14-6-4-3-5-7-14/h8-11,13-14,17H,3-7,12H2,1-2H3. The highest BCUT2D eigenvalue weighted by Crippen LogP contribution is 2.34. The Hall–Kier alpha value is -0.300. The summed E-state index contributed by atoms with van der Waals surface area (Å²) in [5.74, 6) is 2.17. The highest BCUT2D eigenvalue weighted by molar-refractivity contribution is 9.09. The smallest absolute Gasteiger partial charge is 0.0103 e. The maximum Gasteiger partial charge on any atom is 0.0103 e. The van der Waals surface area contributed by atoms with Crippen LogP contribution in [0.25, 0.3) is 0 Å². The predicted molar refractivity (Wildman–Crippen MR) is 83.6 cm³/mol. The quantitative estimate of drug-likeness (QED) is 0.610. The summed E-state index contributed by atoms with van der Waals surface area (Å²) in [5.41, 5.74) is 3.05. The lowest BCUT2D eigenvalue weighted by atomic mass is 9.82. The first-order valence-electron chi connectivity index (χ1n) is 7.38. The molecule has 1 unspecified atom stereocenters. The van der Waals surface area contributed by atoms with E-state index in [9.17, 15) is 0 Å². The summed E-state index contributed by atoms with van der Waals surface area (Å²) < 4.78 is 0. The Bertz CT molecular complexity index is 346. The second-order valence-corrected chi connectivity index (χ2v) is 6.65. The van der Waals surface area contributed by atoms with E-state index in [1.807, 2.05) is 0 Å². The van der Waals surface area contributed by atoms with Gasteiger partial charge in [-0.2, -0.15) is 0 Å². The van der Waals surface area contributed by atoms with Crippen LogP contribution in [0.4, 0.5) is 0 Å². The first-order chi connectivity index (χ1) is 8.72. The Morgan fingerprint density at radius 3 is 2.17 bits per heavy atom. The van der Waals surface area contributed by atoms with Crippen molar-refractivity contribution in [3.63, 3.8) is 0 Å². The molecule has 0 N–H and O–H groups in total. The van der Waals surface area contributed by atoms with Crippen LogP contribution in [0.2, 0.25) is 0 Å². The van der Waals surface area contributed by atoms with Crippen molar-refractivity contribution >= 4 is 15.9 Å². The minimum absolute atomic E-state index is 0.644. The van der Waals surface area contributed by atoms with E-state index in [1.54, 1.807) is 5.56 Å². The molecular formula is C17H25Br. The molecule has 0 radical (unpaired) electrons. The average Bonchev–Trinajstić information content (AvgIpc) is 2.41. The van der Waals surface area contributed by atoms with Crippen molar-refractivity contribution < 1.29 is 0 Å². The van der Waals surface area contributed by atoms with Crippen LogP contribution in [-0.2, 0) is 0 Å². The number of halogens is 1. The lowest BCUT2D eigenvalue weighted by molar-refractivity contribution is 0.443. The van der Waals surface area contributed by atoms with Crippen LogP contribution in [0.1, 0.15) is 68.9 Å². The molecule has 0 spiro atoms. The van der Waals surface area contributed by atoms with Gasteiger partial charge >= 0.3 is 0 Å². The van der Waals surface area contributed by atoms with Crippen molar-refractivity contribution in [1.82, 2.24) is 0 Å². The van der Waals surface area contributed by atoms with Crippen LogP contribution in [0.15, 0.2) is 24.3 Å². The Labute approximate surface area is 120 Å². The second-order valence-electron chi connectivity index (χ2n) is 6.01. The van der Waals surface area contributed by atoms with E-state index in [2.05, 4.69) is 54.0 Å². The topological polar surface area (TPSA) is 0 Å². The van der Waals surface area contributed by atoms with Crippen LogP contribution in [0.5, 0.6) is 0 Å². The van der Waals surface area contributed by atoms with E-state index in [1.165, 1.54) is 37.7 Å². The molecule has 0 aliphatic heterocycles. The molecule has 1 atom stereocenters. The van der Waals surface area contributed by atoms with Gasteiger partial charge in [-0.1, -0.05) is 73.3 Å². The molecule has 0 aromatic heterocycles. The fraction of sp³-hybridized carbons (Fsp3) is 0.647. The maximum absolute atomic E-state index is 3.65. The van der Waals surface area contributed by atoms with Gasteiger partial charge in [0.2, 0.25) is 0 Å². The molecule has 1 aliphatic carbocycles. The Morgan fingerprint density at radius 1 is 1.06 bits per heavy atom. The summed E-state index contributed by atoms with van der Waals surface area (Å²) in [7, 11) is 0. The molecule has 100 valence electrons. The first-order valence-corrected chi connectivity index (χ1v) is 8.50. The van der Waals surface area contributed by atoms with E-state index < -0.39 is 0 Å². The zero-order valence-electron chi connectivity index (χ0n) is 11.7. The third kappa shape index (κ3) is 3.38. The van der Waals surface area contributed by atoms with Gasteiger partial charge in [-0.05, 0) is 41.7 Å². The van der Waals surface area contributed by atoms with Crippen LogP contribution < -0.4 is 0 Å². The lowest BCUT2D eigenvalue weighted by Gasteiger charge is -2.23. The molecule has 0 bridgehead atoms.